The number of carbonyl (C=O) groups excluding carboxylic acids is 1. The SMILES string of the molecule is CC1CCCC1NC(=O)c1cc(O)cc(O)c1. The second kappa shape index (κ2) is 4.65. The monoisotopic (exact) mass is 235 g/mol. The highest BCUT2D eigenvalue weighted by atomic mass is 16.3. The summed E-state index contributed by atoms with van der Waals surface area (Å²) in [6.07, 6.45) is 3.27. The fraction of sp³-hybridized carbons (Fsp3) is 0.462. The van der Waals surface area contributed by atoms with E-state index in [4.69, 9.17) is 0 Å². The van der Waals surface area contributed by atoms with Crippen molar-refractivity contribution in [2.45, 2.75) is 32.2 Å². The van der Waals surface area contributed by atoms with Crippen LogP contribution in [-0.4, -0.2) is 22.2 Å². The molecule has 4 heteroatoms. The summed E-state index contributed by atoms with van der Waals surface area (Å²) in [5, 5.41) is 21.6. The Labute approximate surface area is 100 Å². The van der Waals surface area contributed by atoms with Crippen LogP contribution in [0.1, 0.15) is 36.5 Å². The average molecular weight is 235 g/mol. The van der Waals surface area contributed by atoms with Gasteiger partial charge in [-0.3, -0.25) is 4.79 Å². The van der Waals surface area contributed by atoms with Crippen LogP contribution in [0.4, 0.5) is 0 Å². The first-order valence-electron chi connectivity index (χ1n) is 5.90. The van der Waals surface area contributed by atoms with Crippen LogP contribution in [0.15, 0.2) is 18.2 Å². The maximum atomic E-state index is 11.9. The molecule has 0 radical (unpaired) electrons. The van der Waals surface area contributed by atoms with E-state index in [0.29, 0.717) is 11.5 Å². The molecule has 0 aliphatic heterocycles. The average Bonchev–Trinajstić information content (AvgIpc) is 2.63. The molecule has 2 rings (SSSR count). The van der Waals surface area contributed by atoms with Gasteiger partial charge in [0.25, 0.3) is 5.91 Å². The van der Waals surface area contributed by atoms with Gasteiger partial charge in [-0.15, -0.1) is 0 Å². The molecule has 1 aliphatic rings. The van der Waals surface area contributed by atoms with Crippen molar-refractivity contribution in [1.29, 1.82) is 0 Å². The summed E-state index contributed by atoms with van der Waals surface area (Å²) in [7, 11) is 0. The molecule has 0 aromatic heterocycles. The van der Waals surface area contributed by atoms with Gasteiger partial charge in [0, 0.05) is 17.7 Å². The van der Waals surface area contributed by atoms with Crippen LogP contribution in [0.2, 0.25) is 0 Å². The van der Waals surface area contributed by atoms with Crippen LogP contribution < -0.4 is 5.32 Å². The van der Waals surface area contributed by atoms with Crippen molar-refractivity contribution in [1.82, 2.24) is 5.32 Å². The maximum Gasteiger partial charge on any atom is 0.251 e. The minimum atomic E-state index is -0.241. The fourth-order valence-electron chi connectivity index (χ4n) is 2.34. The van der Waals surface area contributed by atoms with Crippen LogP contribution in [0, 0.1) is 5.92 Å². The fourth-order valence-corrected chi connectivity index (χ4v) is 2.34. The van der Waals surface area contributed by atoms with Gasteiger partial charge in [0.05, 0.1) is 0 Å². The van der Waals surface area contributed by atoms with Crippen molar-refractivity contribution in [3.05, 3.63) is 23.8 Å². The molecule has 1 aromatic rings. The molecule has 0 saturated heterocycles. The molecule has 0 heterocycles. The lowest BCUT2D eigenvalue weighted by molar-refractivity contribution is 0.0929. The highest BCUT2D eigenvalue weighted by Crippen LogP contribution is 2.26. The third-order valence-electron chi connectivity index (χ3n) is 3.34. The van der Waals surface area contributed by atoms with Crippen LogP contribution in [0.25, 0.3) is 0 Å². The molecule has 1 amide bonds. The Morgan fingerprint density at radius 2 is 1.88 bits per heavy atom. The molecule has 2 atom stereocenters. The van der Waals surface area contributed by atoms with Gasteiger partial charge in [-0.2, -0.15) is 0 Å². The summed E-state index contributed by atoms with van der Waals surface area (Å²) < 4.78 is 0. The number of nitrogens with one attached hydrogen (secondary N) is 1. The zero-order valence-corrected chi connectivity index (χ0v) is 9.81. The van der Waals surface area contributed by atoms with Gasteiger partial charge in [-0.25, -0.2) is 0 Å². The van der Waals surface area contributed by atoms with Crippen molar-refractivity contribution in [3.63, 3.8) is 0 Å². The molecule has 3 N–H and O–H groups in total. The number of phenolic OH excluding ortho intramolecular Hbond substituents is 2. The minimum Gasteiger partial charge on any atom is -0.508 e. The summed E-state index contributed by atoms with van der Waals surface area (Å²) >= 11 is 0. The van der Waals surface area contributed by atoms with Gasteiger partial charge < -0.3 is 15.5 Å². The van der Waals surface area contributed by atoms with Crippen LogP contribution >= 0.6 is 0 Å². The Bertz CT molecular complexity index is 410. The summed E-state index contributed by atoms with van der Waals surface area (Å²) in [6, 6.07) is 4.12. The van der Waals surface area contributed by atoms with E-state index in [-0.39, 0.29) is 23.4 Å². The van der Waals surface area contributed by atoms with Crippen molar-refractivity contribution >= 4 is 5.91 Å². The van der Waals surface area contributed by atoms with Crippen molar-refractivity contribution in [2.75, 3.05) is 0 Å². The standard InChI is InChI=1S/C13H17NO3/c1-8-3-2-4-12(8)14-13(17)9-5-10(15)7-11(16)6-9/h5-8,12,15-16H,2-4H2,1H3,(H,14,17). The highest BCUT2D eigenvalue weighted by Gasteiger charge is 2.25. The number of aromatic hydroxyl groups is 2. The first-order valence-corrected chi connectivity index (χ1v) is 5.90. The van der Waals surface area contributed by atoms with Gasteiger partial charge in [0.15, 0.2) is 0 Å². The number of hydrogen-bond acceptors (Lipinski definition) is 3. The van der Waals surface area contributed by atoms with Crippen LogP contribution in [0.5, 0.6) is 11.5 Å². The van der Waals surface area contributed by atoms with E-state index < -0.39 is 0 Å². The molecule has 1 fully saturated rings. The zero-order chi connectivity index (χ0) is 12.4. The Hall–Kier alpha value is -1.71. The molecule has 1 aromatic carbocycles. The number of rotatable bonds is 2. The number of hydrogen-bond donors (Lipinski definition) is 3. The third-order valence-corrected chi connectivity index (χ3v) is 3.34. The van der Waals surface area contributed by atoms with E-state index in [2.05, 4.69) is 12.2 Å². The molecule has 4 nitrogen and oxygen atoms in total. The van der Waals surface area contributed by atoms with Gasteiger partial charge >= 0.3 is 0 Å². The number of phenols is 2. The maximum absolute atomic E-state index is 11.9. The quantitative estimate of drug-likeness (QED) is 0.734. The van der Waals surface area contributed by atoms with Gasteiger partial charge in [0.2, 0.25) is 0 Å². The first kappa shape index (κ1) is 11.8. The first-order chi connectivity index (χ1) is 8.06. The predicted molar refractivity (Wildman–Crippen MR) is 64.0 cm³/mol. The van der Waals surface area contributed by atoms with E-state index in [1.54, 1.807) is 0 Å². The molecule has 0 spiro atoms. The van der Waals surface area contributed by atoms with E-state index in [0.717, 1.165) is 19.3 Å². The Kier molecular flexibility index (Phi) is 3.22. The molecular formula is C13H17NO3. The largest absolute Gasteiger partial charge is 0.508 e. The lowest BCUT2D eigenvalue weighted by Gasteiger charge is -2.17. The molecule has 92 valence electrons. The summed E-state index contributed by atoms with van der Waals surface area (Å²) in [6.45, 7) is 2.12. The Morgan fingerprint density at radius 3 is 2.41 bits per heavy atom. The van der Waals surface area contributed by atoms with E-state index in [9.17, 15) is 15.0 Å². The molecular weight excluding hydrogens is 218 g/mol. The topological polar surface area (TPSA) is 69.6 Å². The van der Waals surface area contributed by atoms with Crippen LogP contribution in [0.3, 0.4) is 0 Å². The van der Waals surface area contributed by atoms with E-state index in [1.165, 1.54) is 18.2 Å². The third kappa shape index (κ3) is 2.70. The lowest BCUT2D eigenvalue weighted by Crippen LogP contribution is -2.36. The normalized spacial score (nSPS) is 23.6. The zero-order valence-electron chi connectivity index (χ0n) is 9.81. The van der Waals surface area contributed by atoms with Crippen molar-refractivity contribution in [2.24, 2.45) is 5.92 Å². The summed E-state index contributed by atoms with van der Waals surface area (Å²) in [4.78, 5) is 11.9. The second-order valence-corrected chi connectivity index (χ2v) is 4.73. The highest BCUT2D eigenvalue weighted by molar-refractivity contribution is 5.95. The molecule has 1 saturated carbocycles. The van der Waals surface area contributed by atoms with Gasteiger partial charge in [0.1, 0.15) is 11.5 Å². The Balaban J connectivity index is 2.09. The minimum absolute atomic E-state index is 0.102. The van der Waals surface area contributed by atoms with Gasteiger partial charge in [-0.05, 0) is 30.9 Å². The van der Waals surface area contributed by atoms with Gasteiger partial charge in [-0.1, -0.05) is 13.3 Å². The number of amides is 1. The van der Waals surface area contributed by atoms with Crippen molar-refractivity contribution < 1.29 is 15.0 Å². The molecule has 17 heavy (non-hydrogen) atoms. The van der Waals surface area contributed by atoms with Crippen molar-refractivity contribution in [3.8, 4) is 11.5 Å². The van der Waals surface area contributed by atoms with Crippen LogP contribution in [-0.2, 0) is 0 Å². The Morgan fingerprint density at radius 1 is 1.24 bits per heavy atom. The number of carbonyl (C=O) groups is 1. The second-order valence-electron chi connectivity index (χ2n) is 4.73. The summed E-state index contributed by atoms with van der Waals surface area (Å²) in [5.74, 6) is 0.0454. The molecule has 2 unspecified atom stereocenters. The smallest absolute Gasteiger partial charge is 0.251 e. The molecule has 1 aliphatic carbocycles. The molecule has 0 bridgehead atoms. The van der Waals surface area contributed by atoms with E-state index in [1.807, 2.05) is 0 Å². The predicted octanol–water partition coefficient (Wildman–Crippen LogP) is 2.02. The summed E-state index contributed by atoms with van der Waals surface area (Å²) in [5.41, 5.74) is 0.293. The number of benzene rings is 1. The lowest BCUT2D eigenvalue weighted by atomic mass is 10.1. The van der Waals surface area contributed by atoms with E-state index >= 15 is 0 Å².